The van der Waals surface area contributed by atoms with E-state index in [9.17, 15) is 14.3 Å². The summed E-state index contributed by atoms with van der Waals surface area (Å²) in [4.78, 5) is 13.2. The molecule has 0 aliphatic carbocycles. The number of hydrogen-bond acceptors (Lipinski definition) is 4. The van der Waals surface area contributed by atoms with Gasteiger partial charge < -0.3 is 9.84 Å². The molecule has 0 bridgehead atoms. The zero-order chi connectivity index (χ0) is 25.5. The molecule has 0 aliphatic rings. The zero-order valence-electron chi connectivity index (χ0n) is 18.9. The number of hydrazone groups is 1. The first-order valence-corrected chi connectivity index (χ1v) is 11.7. The van der Waals surface area contributed by atoms with E-state index in [4.69, 9.17) is 27.9 Å². The van der Waals surface area contributed by atoms with Gasteiger partial charge in [-0.3, -0.25) is 4.79 Å². The van der Waals surface area contributed by atoms with Gasteiger partial charge in [-0.15, -0.1) is 0 Å². The maximum absolute atomic E-state index is 14.1. The summed E-state index contributed by atoms with van der Waals surface area (Å²) >= 11 is 12.2. The molecule has 0 atom stereocenters. The number of nitrogens with zero attached hydrogens (tertiary/aromatic N) is 1. The number of nitrogens with one attached hydrogen (secondary N) is 1. The smallest absolute Gasteiger partial charge is 0.281 e. The Bertz CT molecular complexity index is 1320. The maximum atomic E-state index is 14.1. The first kappa shape index (κ1) is 25.4. The molecule has 2 N–H and O–H groups in total. The molecule has 0 aromatic heterocycles. The highest BCUT2D eigenvalue weighted by atomic mass is 35.5. The van der Waals surface area contributed by atoms with Gasteiger partial charge in [0.05, 0.1) is 11.2 Å². The Hall–Kier alpha value is -3.71. The number of carbonyl (C=O) groups excluding carboxylic acids is 1. The number of rotatable bonds is 8. The van der Waals surface area contributed by atoms with Crippen LogP contribution >= 0.6 is 23.2 Å². The molecule has 0 fully saturated rings. The van der Waals surface area contributed by atoms with E-state index in [0.29, 0.717) is 27.5 Å². The van der Waals surface area contributed by atoms with Gasteiger partial charge in [-0.25, -0.2) is 9.82 Å². The highest BCUT2D eigenvalue weighted by Gasteiger charge is 2.39. The van der Waals surface area contributed by atoms with Crippen LogP contribution in [0.15, 0.2) is 102 Å². The molecule has 4 rings (SSSR count). The summed E-state index contributed by atoms with van der Waals surface area (Å²) in [5, 5.41) is 16.2. The first-order chi connectivity index (χ1) is 17.4. The third kappa shape index (κ3) is 5.57. The third-order valence-corrected chi connectivity index (χ3v) is 6.08. The van der Waals surface area contributed by atoms with Crippen LogP contribution in [0.2, 0.25) is 10.0 Å². The van der Waals surface area contributed by atoms with Gasteiger partial charge in [0.1, 0.15) is 18.2 Å². The van der Waals surface area contributed by atoms with Crippen LogP contribution in [-0.4, -0.2) is 17.2 Å². The molecular weight excluding hydrogens is 502 g/mol. The minimum absolute atomic E-state index is 0.123. The summed E-state index contributed by atoms with van der Waals surface area (Å²) < 4.78 is 19.9. The molecular formula is C28H21Cl2FN2O3. The van der Waals surface area contributed by atoms with Crippen LogP contribution in [0, 0.1) is 5.82 Å². The van der Waals surface area contributed by atoms with Gasteiger partial charge in [0.2, 0.25) is 0 Å². The van der Waals surface area contributed by atoms with Crippen LogP contribution in [0.5, 0.6) is 5.75 Å². The number of amides is 1. The van der Waals surface area contributed by atoms with Gasteiger partial charge in [0, 0.05) is 16.1 Å². The van der Waals surface area contributed by atoms with Gasteiger partial charge >= 0.3 is 0 Å². The van der Waals surface area contributed by atoms with Crippen molar-refractivity contribution in [3.63, 3.8) is 0 Å². The van der Waals surface area contributed by atoms with Crippen LogP contribution in [-0.2, 0) is 17.0 Å². The van der Waals surface area contributed by atoms with Gasteiger partial charge in [-0.1, -0.05) is 89.9 Å². The number of ether oxygens (including phenoxy) is 1. The minimum Gasteiger partial charge on any atom is -0.488 e. The van der Waals surface area contributed by atoms with Gasteiger partial charge in [0.25, 0.3) is 5.91 Å². The molecule has 4 aromatic carbocycles. The Labute approximate surface area is 217 Å². The monoisotopic (exact) mass is 522 g/mol. The number of aliphatic hydroxyl groups is 1. The highest BCUT2D eigenvalue weighted by Crippen LogP contribution is 2.30. The van der Waals surface area contributed by atoms with Crippen molar-refractivity contribution in [1.29, 1.82) is 0 Å². The Balaban J connectivity index is 1.56. The van der Waals surface area contributed by atoms with E-state index in [0.717, 1.165) is 0 Å². The highest BCUT2D eigenvalue weighted by molar-refractivity contribution is 6.31. The third-order valence-electron chi connectivity index (χ3n) is 5.49. The number of benzene rings is 4. The van der Waals surface area contributed by atoms with Crippen molar-refractivity contribution in [3.8, 4) is 5.75 Å². The first-order valence-electron chi connectivity index (χ1n) is 10.9. The molecule has 0 saturated carbocycles. The summed E-state index contributed by atoms with van der Waals surface area (Å²) in [5.74, 6) is -0.892. The predicted octanol–water partition coefficient (Wildman–Crippen LogP) is 6.10. The van der Waals surface area contributed by atoms with Crippen LogP contribution in [0.1, 0.15) is 22.3 Å². The van der Waals surface area contributed by atoms with E-state index in [1.54, 1.807) is 84.9 Å². The summed E-state index contributed by atoms with van der Waals surface area (Å²) in [5.41, 5.74) is 1.84. The number of hydrogen-bond donors (Lipinski definition) is 2. The van der Waals surface area contributed by atoms with Crippen molar-refractivity contribution >= 4 is 35.3 Å². The van der Waals surface area contributed by atoms with E-state index < -0.39 is 17.3 Å². The second kappa shape index (κ2) is 11.4. The lowest BCUT2D eigenvalue weighted by molar-refractivity contribution is -0.136. The fourth-order valence-corrected chi connectivity index (χ4v) is 4.00. The predicted molar refractivity (Wildman–Crippen MR) is 139 cm³/mol. The van der Waals surface area contributed by atoms with Crippen LogP contribution in [0.25, 0.3) is 0 Å². The molecule has 0 radical (unpaired) electrons. The SMILES string of the molecule is O=C(N/N=C\c1cc(Cl)ccc1OCc1c(F)cccc1Cl)C(O)(c1ccccc1)c1ccccc1. The Kier molecular flexibility index (Phi) is 8.00. The normalized spacial score (nSPS) is 11.4. The van der Waals surface area contributed by atoms with E-state index in [1.165, 1.54) is 18.3 Å². The average Bonchev–Trinajstić information content (AvgIpc) is 2.90. The summed E-state index contributed by atoms with van der Waals surface area (Å²) in [7, 11) is 0. The molecule has 0 saturated heterocycles. The van der Waals surface area contributed by atoms with E-state index >= 15 is 0 Å². The Morgan fingerprint density at radius 3 is 2.19 bits per heavy atom. The number of halogens is 3. The topological polar surface area (TPSA) is 70.9 Å². The van der Waals surface area contributed by atoms with Gasteiger partial charge in [0.15, 0.2) is 5.60 Å². The molecule has 0 spiro atoms. The maximum Gasteiger partial charge on any atom is 0.281 e. The van der Waals surface area contributed by atoms with E-state index in [-0.39, 0.29) is 17.2 Å². The molecule has 0 aliphatic heterocycles. The fourth-order valence-electron chi connectivity index (χ4n) is 3.60. The Morgan fingerprint density at radius 2 is 1.58 bits per heavy atom. The van der Waals surface area contributed by atoms with Crippen molar-refractivity contribution < 1.29 is 19.0 Å². The quantitative estimate of drug-likeness (QED) is 0.217. The van der Waals surface area contributed by atoms with Crippen molar-refractivity contribution in [3.05, 3.63) is 135 Å². The molecule has 4 aromatic rings. The van der Waals surface area contributed by atoms with Crippen LogP contribution in [0.4, 0.5) is 4.39 Å². The molecule has 1 amide bonds. The number of carbonyl (C=O) groups is 1. The lowest BCUT2D eigenvalue weighted by Crippen LogP contribution is -2.43. The van der Waals surface area contributed by atoms with E-state index in [1.807, 2.05) is 0 Å². The Morgan fingerprint density at radius 1 is 0.944 bits per heavy atom. The van der Waals surface area contributed by atoms with Crippen molar-refractivity contribution in [2.24, 2.45) is 5.10 Å². The summed E-state index contributed by atoms with van der Waals surface area (Å²) in [6, 6.07) is 26.3. The molecule has 8 heteroatoms. The molecule has 0 unspecified atom stereocenters. The van der Waals surface area contributed by atoms with Gasteiger partial charge in [-0.05, 0) is 41.5 Å². The zero-order valence-corrected chi connectivity index (χ0v) is 20.4. The molecule has 5 nitrogen and oxygen atoms in total. The molecule has 0 heterocycles. The lowest BCUT2D eigenvalue weighted by atomic mass is 9.85. The minimum atomic E-state index is -1.98. The molecule has 182 valence electrons. The van der Waals surface area contributed by atoms with Crippen LogP contribution < -0.4 is 10.2 Å². The van der Waals surface area contributed by atoms with Crippen molar-refractivity contribution in [1.82, 2.24) is 5.43 Å². The largest absolute Gasteiger partial charge is 0.488 e. The molecule has 36 heavy (non-hydrogen) atoms. The second-order valence-corrected chi connectivity index (χ2v) is 8.66. The van der Waals surface area contributed by atoms with Crippen molar-refractivity contribution in [2.45, 2.75) is 12.2 Å². The second-order valence-electron chi connectivity index (χ2n) is 7.81. The van der Waals surface area contributed by atoms with Crippen molar-refractivity contribution in [2.75, 3.05) is 0 Å². The van der Waals surface area contributed by atoms with Gasteiger partial charge in [-0.2, -0.15) is 5.10 Å². The van der Waals surface area contributed by atoms with E-state index in [2.05, 4.69) is 10.5 Å². The fraction of sp³-hybridized carbons (Fsp3) is 0.0714. The standard InChI is InChI=1S/C28H21Cl2FN2O3/c29-22-14-15-26(36-18-23-24(30)12-7-13-25(23)31)19(16-22)17-32-33-27(34)28(35,20-8-3-1-4-9-20)21-10-5-2-6-11-21/h1-17,35H,18H2,(H,33,34)/b32-17-. The summed E-state index contributed by atoms with van der Waals surface area (Å²) in [6.45, 7) is -0.123. The average molecular weight is 523 g/mol. The summed E-state index contributed by atoms with van der Waals surface area (Å²) in [6.07, 6.45) is 1.33. The van der Waals surface area contributed by atoms with Crippen LogP contribution in [0.3, 0.4) is 0 Å². The lowest BCUT2D eigenvalue weighted by Gasteiger charge is -2.27.